The molecular formula is C10H19ClN4O. The molecule has 0 spiro atoms. The molecule has 0 saturated carbocycles. The van der Waals surface area contributed by atoms with Crippen molar-refractivity contribution in [3.63, 3.8) is 0 Å². The first-order chi connectivity index (χ1) is 7.11. The third-order valence-electron chi connectivity index (χ3n) is 2.22. The summed E-state index contributed by atoms with van der Waals surface area (Å²) in [5.74, 6) is 0.0619. The normalized spacial score (nSPS) is 12.0. The van der Waals surface area contributed by atoms with Crippen LogP contribution in [-0.2, 0) is 11.3 Å². The standard InChI is InChI=1S/C10H18N4O.ClH/c1-8(2)9(11)10(15)12-5-7-14-6-3-4-13-14;/h3-4,6,8-9H,5,7,11H2,1-2H3,(H,12,15);1H/t9-;/m0./s1. The Labute approximate surface area is 102 Å². The van der Waals surface area contributed by atoms with E-state index in [-0.39, 0.29) is 24.2 Å². The Balaban J connectivity index is 0.00000225. The van der Waals surface area contributed by atoms with Gasteiger partial charge in [0.05, 0.1) is 12.6 Å². The molecule has 0 aliphatic rings. The quantitative estimate of drug-likeness (QED) is 0.790. The third-order valence-corrected chi connectivity index (χ3v) is 2.22. The number of nitrogens with one attached hydrogen (secondary N) is 1. The number of halogens is 1. The second kappa shape index (κ2) is 7.24. The predicted molar refractivity (Wildman–Crippen MR) is 65.3 cm³/mol. The fraction of sp³-hybridized carbons (Fsp3) is 0.600. The molecule has 1 atom stereocenters. The average Bonchev–Trinajstić information content (AvgIpc) is 2.69. The Kier molecular flexibility index (Phi) is 6.76. The summed E-state index contributed by atoms with van der Waals surface area (Å²) in [7, 11) is 0. The van der Waals surface area contributed by atoms with Gasteiger partial charge in [0.25, 0.3) is 0 Å². The number of hydrogen-bond acceptors (Lipinski definition) is 3. The first-order valence-electron chi connectivity index (χ1n) is 5.12. The lowest BCUT2D eigenvalue weighted by atomic mass is 10.1. The summed E-state index contributed by atoms with van der Waals surface area (Å²) >= 11 is 0. The van der Waals surface area contributed by atoms with Crippen molar-refractivity contribution in [2.24, 2.45) is 11.7 Å². The lowest BCUT2D eigenvalue weighted by Gasteiger charge is -2.15. The summed E-state index contributed by atoms with van der Waals surface area (Å²) in [5.41, 5.74) is 5.68. The predicted octanol–water partition coefficient (Wildman–Crippen LogP) is 0.404. The minimum atomic E-state index is -0.428. The average molecular weight is 247 g/mol. The Morgan fingerprint density at radius 2 is 2.25 bits per heavy atom. The van der Waals surface area contributed by atoms with E-state index in [1.54, 1.807) is 10.9 Å². The smallest absolute Gasteiger partial charge is 0.237 e. The fourth-order valence-corrected chi connectivity index (χ4v) is 1.15. The fourth-order valence-electron chi connectivity index (χ4n) is 1.15. The summed E-state index contributed by atoms with van der Waals surface area (Å²) in [6, 6.07) is 1.42. The number of carbonyl (C=O) groups excluding carboxylic acids is 1. The lowest BCUT2D eigenvalue weighted by molar-refractivity contribution is -0.123. The van der Waals surface area contributed by atoms with Crippen LogP contribution in [0.5, 0.6) is 0 Å². The zero-order valence-corrected chi connectivity index (χ0v) is 10.4. The van der Waals surface area contributed by atoms with Crippen LogP contribution < -0.4 is 11.1 Å². The van der Waals surface area contributed by atoms with Crippen molar-refractivity contribution in [1.82, 2.24) is 15.1 Å². The molecule has 0 unspecified atom stereocenters. The Morgan fingerprint density at radius 1 is 1.56 bits per heavy atom. The highest BCUT2D eigenvalue weighted by molar-refractivity contribution is 5.85. The molecule has 0 radical (unpaired) electrons. The largest absolute Gasteiger partial charge is 0.353 e. The first kappa shape index (κ1) is 14.9. The first-order valence-corrected chi connectivity index (χ1v) is 5.12. The zero-order chi connectivity index (χ0) is 11.3. The molecule has 0 saturated heterocycles. The van der Waals surface area contributed by atoms with Gasteiger partial charge in [-0.1, -0.05) is 13.8 Å². The van der Waals surface area contributed by atoms with Gasteiger partial charge in [0.15, 0.2) is 0 Å². The van der Waals surface area contributed by atoms with Crippen molar-refractivity contribution in [2.45, 2.75) is 26.4 Å². The van der Waals surface area contributed by atoms with Gasteiger partial charge < -0.3 is 11.1 Å². The highest BCUT2D eigenvalue weighted by Crippen LogP contribution is 1.97. The molecule has 0 fully saturated rings. The number of hydrogen-bond donors (Lipinski definition) is 2. The Morgan fingerprint density at radius 3 is 2.75 bits per heavy atom. The van der Waals surface area contributed by atoms with Crippen molar-refractivity contribution < 1.29 is 4.79 Å². The van der Waals surface area contributed by atoms with Gasteiger partial charge in [-0.15, -0.1) is 12.4 Å². The van der Waals surface area contributed by atoms with Crippen molar-refractivity contribution >= 4 is 18.3 Å². The van der Waals surface area contributed by atoms with E-state index < -0.39 is 6.04 Å². The summed E-state index contributed by atoms with van der Waals surface area (Å²) in [6.45, 7) is 5.08. The maximum atomic E-state index is 11.4. The van der Waals surface area contributed by atoms with Gasteiger partial charge in [0.2, 0.25) is 5.91 Å². The van der Waals surface area contributed by atoms with Gasteiger partial charge in [-0.3, -0.25) is 9.48 Å². The molecule has 16 heavy (non-hydrogen) atoms. The molecule has 0 aliphatic heterocycles. The summed E-state index contributed by atoms with van der Waals surface area (Å²) in [5, 5.41) is 6.80. The zero-order valence-electron chi connectivity index (χ0n) is 9.59. The Hall–Kier alpha value is -1.07. The maximum absolute atomic E-state index is 11.4. The van der Waals surface area contributed by atoms with E-state index in [0.717, 1.165) is 0 Å². The number of amides is 1. The molecule has 0 bridgehead atoms. The van der Waals surface area contributed by atoms with Gasteiger partial charge >= 0.3 is 0 Å². The van der Waals surface area contributed by atoms with Crippen LogP contribution in [0.4, 0.5) is 0 Å². The number of aromatic nitrogens is 2. The van der Waals surface area contributed by atoms with Crippen LogP contribution in [0.3, 0.4) is 0 Å². The van der Waals surface area contributed by atoms with E-state index in [0.29, 0.717) is 13.1 Å². The molecule has 1 heterocycles. The van der Waals surface area contributed by atoms with Crippen LogP contribution in [-0.4, -0.2) is 28.3 Å². The molecule has 1 amide bonds. The second-order valence-corrected chi connectivity index (χ2v) is 3.83. The van der Waals surface area contributed by atoms with E-state index in [4.69, 9.17) is 5.73 Å². The van der Waals surface area contributed by atoms with Gasteiger partial charge in [0.1, 0.15) is 0 Å². The van der Waals surface area contributed by atoms with Crippen LogP contribution in [0.15, 0.2) is 18.5 Å². The number of rotatable bonds is 5. The van der Waals surface area contributed by atoms with Gasteiger partial charge in [-0.25, -0.2) is 0 Å². The Bertz CT molecular complexity index is 300. The van der Waals surface area contributed by atoms with Gasteiger partial charge in [-0.2, -0.15) is 5.10 Å². The molecule has 1 rings (SSSR count). The summed E-state index contributed by atoms with van der Waals surface area (Å²) in [6.07, 6.45) is 3.57. The van der Waals surface area contributed by atoms with E-state index in [1.807, 2.05) is 26.1 Å². The number of nitrogens with zero attached hydrogens (tertiary/aromatic N) is 2. The molecular weight excluding hydrogens is 228 g/mol. The van der Waals surface area contributed by atoms with Crippen molar-refractivity contribution in [1.29, 1.82) is 0 Å². The highest BCUT2D eigenvalue weighted by Gasteiger charge is 2.15. The molecule has 6 heteroatoms. The third kappa shape index (κ3) is 4.63. The van der Waals surface area contributed by atoms with Crippen LogP contribution in [0.2, 0.25) is 0 Å². The molecule has 1 aromatic heterocycles. The van der Waals surface area contributed by atoms with Crippen LogP contribution in [0, 0.1) is 5.92 Å². The monoisotopic (exact) mass is 246 g/mol. The van der Waals surface area contributed by atoms with Gasteiger partial charge in [-0.05, 0) is 12.0 Å². The van der Waals surface area contributed by atoms with Crippen LogP contribution in [0.1, 0.15) is 13.8 Å². The van der Waals surface area contributed by atoms with Crippen molar-refractivity contribution in [3.05, 3.63) is 18.5 Å². The molecule has 3 N–H and O–H groups in total. The molecule has 1 aromatic rings. The van der Waals surface area contributed by atoms with E-state index in [1.165, 1.54) is 0 Å². The van der Waals surface area contributed by atoms with E-state index in [2.05, 4.69) is 10.4 Å². The lowest BCUT2D eigenvalue weighted by Crippen LogP contribution is -2.44. The van der Waals surface area contributed by atoms with Crippen molar-refractivity contribution in [3.8, 4) is 0 Å². The second-order valence-electron chi connectivity index (χ2n) is 3.83. The van der Waals surface area contributed by atoms with Gasteiger partial charge in [0, 0.05) is 18.9 Å². The minimum absolute atomic E-state index is 0. The summed E-state index contributed by atoms with van der Waals surface area (Å²) < 4.78 is 1.77. The number of carbonyl (C=O) groups is 1. The van der Waals surface area contributed by atoms with Crippen LogP contribution in [0.25, 0.3) is 0 Å². The topological polar surface area (TPSA) is 72.9 Å². The minimum Gasteiger partial charge on any atom is -0.353 e. The van der Waals surface area contributed by atoms with E-state index >= 15 is 0 Å². The molecule has 92 valence electrons. The maximum Gasteiger partial charge on any atom is 0.237 e. The van der Waals surface area contributed by atoms with E-state index in [9.17, 15) is 4.79 Å². The molecule has 0 aliphatic carbocycles. The molecule has 0 aromatic carbocycles. The van der Waals surface area contributed by atoms with Crippen LogP contribution >= 0.6 is 12.4 Å². The summed E-state index contributed by atoms with van der Waals surface area (Å²) in [4.78, 5) is 11.4. The SMILES string of the molecule is CC(C)[C@H](N)C(=O)NCCn1cccn1.Cl. The van der Waals surface area contributed by atoms with Crippen molar-refractivity contribution in [2.75, 3.05) is 6.54 Å². The number of nitrogens with two attached hydrogens (primary N) is 1. The molecule has 5 nitrogen and oxygen atoms in total. The highest BCUT2D eigenvalue weighted by atomic mass is 35.5.